The van der Waals surface area contributed by atoms with E-state index in [-0.39, 0.29) is 5.75 Å². The van der Waals surface area contributed by atoms with Gasteiger partial charge in [0.25, 0.3) is 0 Å². The fourth-order valence-corrected chi connectivity index (χ4v) is 0.755. The molecule has 0 atom stereocenters. The van der Waals surface area contributed by atoms with Crippen LogP contribution in [0.2, 0.25) is 0 Å². The Morgan fingerprint density at radius 3 is 2.36 bits per heavy atom. The highest BCUT2D eigenvalue weighted by Crippen LogP contribution is 2.09. The molecule has 1 aromatic carbocycles. The molecular formula is C9H8O2. The minimum Gasteiger partial charge on any atom is -0.508 e. The van der Waals surface area contributed by atoms with Gasteiger partial charge < -0.3 is 10.2 Å². The van der Waals surface area contributed by atoms with Gasteiger partial charge in [0.05, 0.1) is 0 Å². The molecule has 2 nitrogen and oxygen atoms in total. The zero-order chi connectivity index (χ0) is 8.10. The maximum Gasteiger partial charge on any atom is 0.115 e. The molecule has 11 heavy (non-hydrogen) atoms. The molecule has 2 N–H and O–H groups in total. The molecule has 0 spiro atoms. The van der Waals surface area contributed by atoms with Crippen LogP contribution in [0.4, 0.5) is 0 Å². The number of aliphatic hydroxyl groups excluding tert-OH is 1. The Morgan fingerprint density at radius 1 is 1.18 bits per heavy atom. The van der Waals surface area contributed by atoms with Crippen LogP contribution in [0, 0.1) is 12.0 Å². The summed E-state index contributed by atoms with van der Waals surface area (Å²) in [5.74, 6) is 2.75. The van der Waals surface area contributed by atoms with Crippen LogP contribution in [0.25, 0.3) is 0 Å². The lowest BCUT2D eigenvalue weighted by molar-refractivity contribution is 0.475. The van der Waals surface area contributed by atoms with E-state index in [2.05, 4.69) is 5.92 Å². The van der Waals surface area contributed by atoms with Crippen molar-refractivity contribution in [3.63, 3.8) is 0 Å². The molecule has 0 aliphatic rings. The normalized spacial score (nSPS) is 8.36. The van der Waals surface area contributed by atoms with Gasteiger partial charge in [-0.3, -0.25) is 0 Å². The molecule has 0 saturated carbocycles. The minimum atomic E-state index is 0.241. The van der Waals surface area contributed by atoms with Crippen molar-refractivity contribution < 1.29 is 10.2 Å². The fourth-order valence-electron chi connectivity index (χ4n) is 0.755. The molecule has 0 fully saturated rings. The van der Waals surface area contributed by atoms with Crippen LogP contribution in [0.3, 0.4) is 0 Å². The quantitative estimate of drug-likeness (QED) is 0.589. The predicted molar refractivity (Wildman–Crippen MR) is 41.5 cm³/mol. The van der Waals surface area contributed by atoms with E-state index >= 15 is 0 Å². The zero-order valence-electron chi connectivity index (χ0n) is 5.91. The molecule has 1 aromatic rings. The zero-order valence-corrected chi connectivity index (χ0v) is 5.91. The number of hydrogen-bond donors (Lipinski definition) is 2. The second-order valence-corrected chi connectivity index (χ2v) is 2.13. The van der Waals surface area contributed by atoms with Crippen LogP contribution in [0.5, 0.6) is 5.75 Å². The Morgan fingerprint density at radius 2 is 1.82 bits per heavy atom. The smallest absolute Gasteiger partial charge is 0.115 e. The summed E-state index contributed by atoms with van der Waals surface area (Å²) in [6, 6.07) is 6.71. The van der Waals surface area contributed by atoms with Gasteiger partial charge in [-0.15, -0.1) is 0 Å². The van der Waals surface area contributed by atoms with Crippen molar-refractivity contribution in [2.75, 3.05) is 0 Å². The Bertz CT molecular complexity index is 277. The SMILES string of the molecule is OC#CCc1ccc(O)cc1. The molecule has 0 aliphatic heterocycles. The first-order valence-electron chi connectivity index (χ1n) is 3.23. The summed E-state index contributed by atoms with van der Waals surface area (Å²) in [6.45, 7) is 0. The van der Waals surface area contributed by atoms with Gasteiger partial charge in [-0.2, -0.15) is 0 Å². The van der Waals surface area contributed by atoms with E-state index in [4.69, 9.17) is 10.2 Å². The minimum absolute atomic E-state index is 0.241. The lowest BCUT2D eigenvalue weighted by Gasteiger charge is -1.93. The monoisotopic (exact) mass is 148 g/mol. The molecule has 0 saturated heterocycles. The third-order valence-electron chi connectivity index (χ3n) is 1.31. The molecule has 0 aromatic heterocycles. The molecule has 0 heterocycles. The molecule has 2 heteroatoms. The van der Waals surface area contributed by atoms with Gasteiger partial charge in [-0.1, -0.05) is 18.1 Å². The average Bonchev–Trinajstić information content (AvgIpc) is 2.04. The number of aliphatic hydroxyl groups is 1. The third-order valence-corrected chi connectivity index (χ3v) is 1.31. The van der Waals surface area contributed by atoms with Gasteiger partial charge >= 0.3 is 0 Å². The summed E-state index contributed by atoms with van der Waals surface area (Å²) in [6.07, 6.45) is 2.33. The molecule has 0 unspecified atom stereocenters. The fraction of sp³-hybridized carbons (Fsp3) is 0.111. The van der Waals surface area contributed by atoms with Crippen LogP contribution >= 0.6 is 0 Å². The average molecular weight is 148 g/mol. The summed E-state index contributed by atoms with van der Waals surface area (Å²) >= 11 is 0. The van der Waals surface area contributed by atoms with E-state index in [0.717, 1.165) is 5.56 Å². The van der Waals surface area contributed by atoms with Gasteiger partial charge in [0.15, 0.2) is 0 Å². The van der Waals surface area contributed by atoms with E-state index in [1.165, 1.54) is 0 Å². The second kappa shape index (κ2) is 3.52. The standard InChI is InChI=1S/C9H8O2/c10-7-1-2-8-3-5-9(11)6-4-8/h3-6,10-11H,2H2. The summed E-state index contributed by atoms with van der Waals surface area (Å²) in [5.41, 5.74) is 0.976. The highest BCUT2D eigenvalue weighted by atomic mass is 16.3. The van der Waals surface area contributed by atoms with Gasteiger partial charge in [-0.05, 0) is 17.7 Å². The lowest BCUT2D eigenvalue weighted by atomic mass is 10.1. The second-order valence-electron chi connectivity index (χ2n) is 2.13. The number of benzene rings is 1. The van der Waals surface area contributed by atoms with Crippen molar-refractivity contribution in [1.82, 2.24) is 0 Å². The van der Waals surface area contributed by atoms with E-state index in [0.29, 0.717) is 6.42 Å². The summed E-state index contributed by atoms with van der Waals surface area (Å²) in [5, 5.41) is 17.1. The van der Waals surface area contributed by atoms with E-state index in [9.17, 15) is 0 Å². The van der Waals surface area contributed by atoms with Crippen molar-refractivity contribution in [1.29, 1.82) is 0 Å². The highest BCUT2D eigenvalue weighted by Gasteiger charge is 1.88. The number of rotatable bonds is 1. The Labute approximate surface area is 65.1 Å². The first kappa shape index (κ1) is 7.49. The van der Waals surface area contributed by atoms with E-state index < -0.39 is 0 Å². The molecule has 0 bridgehead atoms. The van der Waals surface area contributed by atoms with Crippen LogP contribution < -0.4 is 0 Å². The van der Waals surface area contributed by atoms with Crippen molar-refractivity contribution in [3.8, 4) is 17.8 Å². The maximum atomic E-state index is 8.90. The number of phenols is 1. The van der Waals surface area contributed by atoms with Gasteiger partial charge in [0.2, 0.25) is 0 Å². The Hall–Kier alpha value is -1.62. The van der Waals surface area contributed by atoms with E-state index in [1.807, 2.05) is 6.11 Å². The molecule has 56 valence electrons. The molecule has 0 amide bonds. The van der Waals surface area contributed by atoms with Crippen molar-refractivity contribution in [3.05, 3.63) is 29.8 Å². The number of aromatic hydroxyl groups is 1. The van der Waals surface area contributed by atoms with E-state index in [1.54, 1.807) is 24.3 Å². The maximum absolute atomic E-state index is 8.90. The van der Waals surface area contributed by atoms with Crippen molar-refractivity contribution in [2.45, 2.75) is 6.42 Å². The summed E-state index contributed by atoms with van der Waals surface area (Å²) in [7, 11) is 0. The van der Waals surface area contributed by atoms with Crippen LogP contribution in [-0.2, 0) is 6.42 Å². The topological polar surface area (TPSA) is 40.5 Å². The highest BCUT2D eigenvalue weighted by molar-refractivity contribution is 5.28. The lowest BCUT2D eigenvalue weighted by Crippen LogP contribution is -1.78. The molecule has 0 radical (unpaired) electrons. The Balaban J connectivity index is 2.71. The summed E-state index contributed by atoms with van der Waals surface area (Å²) in [4.78, 5) is 0. The molecule has 0 aliphatic carbocycles. The first-order valence-corrected chi connectivity index (χ1v) is 3.23. The number of hydrogen-bond acceptors (Lipinski definition) is 2. The predicted octanol–water partition coefficient (Wildman–Crippen LogP) is 1.27. The van der Waals surface area contributed by atoms with Crippen molar-refractivity contribution >= 4 is 0 Å². The largest absolute Gasteiger partial charge is 0.508 e. The van der Waals surface area contributed by atoms with Gasteiger partial charge in [0.1, 0.15) is 11.9 Å². The third kappa shape index (κ3) is 2.23. The number of phenolic OH excluding ortho intramolecular Hbond substituents is 1. The Kier molecular flexibility index (Phi) is 2.40. The summed E-state index contributed by atoms with van der Waals surface area (Å²) < 4.78 is 0. The molecular weight excluding hydrogens is 140 g/mol. The van der Waals surface area contributed by atoms with Gasteiger partial charge in [-0.25, -0.2) is 0 Å². The first-order chi connectivity index (χ1) is 5.33. The van der Waals surface area contributed by atoms with Crippen LogP contribution in [0.1, 0.15) is 5.56 Å². The van der Waals surface area contributed by atoms with Crippen molar-refractivity contribution in [2.24, 2.45) is 0 Å². The van der Waals surface area contributed by atoms with Crippen LogP contribution in [0.15, 0.2) is 24.3 Å². The van der Waals surface area contributed by atoms with Gasteiger partial charge in [0, 0.05) is 6.42 Å². The molecule has 1 rings (SSSR count). The van der Waals surface area contributed by atoms with Crippen LogP contribution in [-0.4, -0.2) is 10.2 Å².